The highest BCUT2D eigenvalue weighted by Crippen LogP contribution is 2.26. The lowest BCUT2D eigenvalue weighted by Gasteiger charge is -2.14. The van der Waals surface area contributed by atoms with Gasteiger partial charge in [0.15, 0.2) is 0 Å². The van der Waals surface area contributed by atoms with E-state index in [0.29, 0.717) is 30.7 Å². The second kappa shape index (κ2) is 6.69. The van der Waals surface area contributed by atoms with Crippen LogP contribution >= 0.6 is 0 Å². The lowest BCUT2D eigenvalue weighted by molar-refractivity contribution is -0.116. The number of Topliss-reactive ketones (excluding diaryl/α,β-unsaturated/α-hetero) is 1. The molecule has 0 saturated heterocycles. The number of nitrogens with zero attached hydrogens (tertiary/aromatic N) is 1. The summed E-state index contributed by atoms with van der Waals surface area (Å²) < 4.78 is 5.17. The Hall–Kier alpha value is -2.23. The molecule has 0 saturated carbocycles. The second-order valence-corrected chi connectivity index (χ2v) is 5.49. The highest BCUT2D eigenvalue weighted by atomic mass is 16.5. The first kappa shape index (κ1) is 16.1. The van der Waals surface area contributed by atoms with Gasteiger partial charge in [-0.05, 0) is 51.8 Å². The third kappa shape index (κ3) is 3.32. The molecule has 4 heteroatoms. The highest BCUT2D eigenvalue weighted by molar-refractivity contribution is 5.99. The van der Waals surface area contributed by atoms with E-state index in [1.807, 2.05) is 32.0 Å². The molecule has 1 aromatic carbocycles. The number of carbonyl (C=O) groups excluding carboxylic acids is 2. The Bertz CT molecular complexity index is 735. The number of pyridine rings is 1. The predicted octanol–water partition coefficient (Wildman–Crippen LogP) is 3.55. The maximum Gasteiger partial charge on any atom is 0.340 e. The second-order valence-electron chi connectivity index (χ2n) is 5.49. The van der Waals surface area contributed by atoms with Gasteiger partial charge in [0.2, 0.25) is 0 Å². The van der Waals surface area contributed by atoms with Crippen LogP contribution in [0.25, 0.3) is 10.9 Å². The van der Waals surface area contributed by atoms with E-state index in [-0.39, 0.29) is 11.8 Å². The molecule has 0 unspecified atom stereocenters. The molecule has 0 aliphatic rings. The fourth-order valence-corrected chi connectivity index (χ4v) is 2.61. The van der Waals surface area contributed by atoms with Crippen molar-refractivity contribution in [1.82, 2.24) is 4.98 Å². The van der Waals surface area contributed by atoms with Crippen LogP contribution in [0, 0.1) is 13.8 Å². The van der Waals surface area contributed by atoms with Gasteiger partial charge in [-0.1, -0.05) is 11.6 Å². The summed E-state index contributed by atoms with van der Waals surface area (Å²) in [6.07, 6.45) is 0.922. The quantitative estimate of drug-likeness (QED) is 0.792. The van der Waals surface area contributed by atoms with Crippen molar-refractivity contribution in [2.24, 2.45) is 0 Å². The fourth-order valence-electron chi connectivity index (χ4n) is 2.61. The number of hydrogen-bond donors (Lipinski definition) is 0. The van der Waals surface area contributed by atoms with Gasteiger partial charge in [-0.15, -0.1) is 0 Å². The first-order valence-electron chi connectivity index (χ1n) is 7.50. The van der Waals surface area contributed by atoms with Gasteiger partial charge >= 0.3 is 5.97 Å². The molecule has 0 fully saturated rings. The molecule has 0 bridgehead atoms. The number of rotatable bonds is 5. The number of aromatic nitrogens is 1. The maximum atomic E-state index is 12.3. The normalized spacial score (nSPS) is 10.7. The van der Waals surface area contributed by atoms with Crippen LogP contribution in [0.5, 0.6) is 0 Å². The van der Waals surface area contributed by atoms with Crippen molar-refractivity contribution in [2.45, 2.75) is 40.5 Å². The van der Waals surface area contributed by atoms with Crippen molar-refractivity contribution < 1.29 is 14.3 Å². The molecule has 0 aliphatic carbocycles. The zero-order valence-corrected chi connectivity index (χ0v) is 13.5. The Morgan fingerprint density at radius 3 is 2.59 bits per heavy atom. The summed E-state index contributed by atoms with van der Waals surface area (Å²) in [6.45, 7) is 7.46. The Balaban J connectivity index is 2.68. The maximum absolute atomic E-state index is 12.3. The van der Waals surface area contributed by atoms with Gasteiger partial charge < -0.3 is 9.53 Å². The highest BCUT2D eigenvalue weighted by Gasteiger charge is 2.20. The van der Waals surface area contributed by atoms with Crippen LogP contribution in [-0.4, -0.2) is 23.3 Å². The van der Waals surface area contributed by atoms with Gasteiger partial charge in [-0.3, -0.25) is 4.98 Å². The van der Waals surface area contributed by atoms with Crippen LogP contribution < -0.4 is 0 Å². The third-order valence-electron chi connectivity index (χ3n) is 3.64. The van der Waals surface area contributed by atoms with Gasteiger partial charge in [-0.2, -0.15) is 0 Å². The average Bonchev–Trinajstić information content (AvgIpc) is 2.45. The van der Waals surface area contributed by atoms with E-state index in [1.54, 1.807) is 13.8 Å². The number of ketones is 1. The zero-order chi connectivity index (χ0) is 16.3. The molecule has 1 heterocycles. The molecule has 22 heavy (non-hydrogen) atoms. The molecule has 1 aromatic heterocycles. The number of hydrogen-bond acceptors (Lipinski definition) is 4. The molecule has 0 spiro atoms. The van der Waals surface area contributed by atoms with Crippen LogP contribution in [0.3, 0.4) is 0 Å². The largest absolute Gasteiger partial charge is 0.462 e. The lowest BCUT2D eigenvalue weighted by Crippen LogP contribution is -2.13. The van der Waals surface area contributed by atoms with E-state index >= 15 is 0 Å². The number of fused-ring (bicyclic) bond motifs is 1. The number of benzene rings is 1. The summed E-state index contributed by atoms with van der Waals surface area (Å²) in [5.74, 6) is -0.264. The smallest absolute Gasteiger partial charge is 0.340 e. The lowest BCUT2D eigenvalue weighted by atomic mass is 9.95. The number of ether oxygens (including phenoxy) is 1. The Kier molecular flexibility index (Phi) is 4.91. The fraction of sp³-hybridized carbons (Fsp3) is 0.389. The standard InChI is InChI=1S/C18H21NO3/c1-5-22-18(21)17-13(4)19-16-9-6-11(2)10-15(16)14(17)8-7-12(3)20/h6,9-10H,5,7-8H2,1-4H3. The molecule has 116 valence electrons. The van der Waals surface area contributed by atoms with Crippen LogP contribution in [0.1, 0.15) is 47.4 Å². The van der Waals surface area contributed by atoms with Crippen molar-refractivity contribution in [3.63, 3.8) is 0 Å². The third-order valence-corrected chi connectivity index (χ3v) is 3.64. The van der Waals surface area contributed by atoms with Gasteiger partial charge in [0.05, 0.1) is 23.4 Å². The molecule has 0 atom stereocenters. The van der Waals surface area contributed by atoms with Crippen LogP contribution in [-0.2, 0) is 16.0 Å². The van der Waals surface area contributed by atoms with Crippen molar-refractivity contribution in [3.05, 3.63) is 40.6 Å². The first-order chi connectivity index (χ1) is 10.4. The molecule has 0 aliphatic heterocycles. The number of carbonyl (C=O) groups is 2. The molecule has 0 radical (unpaired) electrons. The number of esters is 1. The monoisotopic (exact) mass is 299 g/mol. The zero-order valence-electron chi connectivity index (χ0n) is 13.5. The van der Waals surface area contributed by atoms with Crippen molar-refractivity contribution in [1.29, 1.82) is 0 Å². The Morgan fingerprint density at radius 1 is 1.23 bits per heavy atom. The van der Waals surface area contributed by atoms with E-state index in [2.05, 4.69) is 4.98 Å². The van der Waals surface area contributed by atoms with Crippen molar-refractivity contribution in [3.8, 4) is 0 Å². The van der Waals surface area contributed by atoms with E-state index in [1.165, 1.54) is 0 Å². The Labute approximate surface area is 130 Å². The summed E-state index contributed by atoms with van der Waals surface area (Å²) in [5, 5.41) is 0.926. The molecule has 0 amide bonds. The molecule has 2 rings (SSSR count). The molecule has 0 N–H and O–H groups in total. The first-order valence-corrected chi connectivity index (χ1v) is 7.50. The summed E-state index contributed by atoms with van der Waals surface area (Å²) in [5.41, 5.74) is 3.95. The van der Waals surface area contributed by atoms with E-state index in [0.717, 1.165) is 22.0 Å². The van der Waals surface area contributed by atoms with Crippen LogP contribution in [0.4, 0.5) is 0 Å². The summed E-state index contributed by atoms with van der Waals surface area (Å²) in [4.78, 5) is 28.2. The minimum atomic E-state index is -0.366. The summed E-state index contributed by atoms with van der Waals surface area (Å²) in [6, 6.07) is 5.96. The van der Waals surface area contributed by atoms with E-state index < -0.39 is 0 Å². The summed E-state index contributed by atoms with van der Waals surface area (Å²) in [7, 11) is 0. The molecule has 2 aromatic rings. The van der Waals surface area contributed by atoms with Crippen molar-refractivity contribution in [2.75, 3.05) is 6.61 Å². The SMILES string of the molecule is CCOC(=O)c1c(C)nc2ccc(C)cc2c1CCC(C)=O. The van der Waals surface area contributed by atoms with Gasteiger partial charge in [0.1, 0.15) is 5.78 Å². The van der Waals surface area contributed by atoms with Crippen molar-refractivity contribution >= 4 is 22.7 Å². The van der Waals surface area contributed by atoms with Gasteiger partial charge in [-0.25, -0.2) is 4.79 Å². The summed E-state index contributed by atoms with van der Waals surface area (Å²) >= 11 is 0. The molecular formula is C18H21NO3. The van der Waals surface area contributed by atoms with E-state index in [4.69, 9.17) is 4.74 Å². The average molecular weight is 299 g/mol. The minimum absolute atomic E-state index is 0.102. The molecular weight excluding hydrogens is 278 g/mol. The van der Waals surface area contributed by atoms with Crippen LogP contribution in [0.15, 0.2) is 18.2 Å². The number of aryl methyl sites for hydroxylation is 3. The molecule has 4 nitrogen and oxygen atoms in total. The van der Waals surface area contributed by atoms with Gasteiger partial charge in [0.25, 0.3) is 0 Å². The topological polar surface area (TPSA) is 56.3 Å². The Morgan fingerprint density at radius 2 is 1.95 bits per heavy atom. The van der Waals surface area contributed by atoms with E-state index in [9.17, 15) is 9.59 Å². The van der Waals surface area contributed by atoms with Gasteiger partial charge in [0, 0.05) is 11.8 Å². The minimum Gasteiger partial charge on any atom is -0.462 e. The van der Waals surface area contributed by atoms with Crippen LogP contribution in [0.2, 0.25) is 0 Å². The predicted molar refractivity (Wildman–Crippen MR) is 86.2 cm³/mol.